The lowest BCUT2D eigenvalue weighted by molar-refractivity contribution is -0.149. The second kappa shape index (κ2) is 7.18. The molecule has 2 N–H and O–H groups in total. The second-order valence-electron chi connectivity index (χ2n) is 7.20. The van der Waals surface area contributed by atoms with Crippen LogP contribution in [-0.4, -0.2) is 61.1 Å². The van der Waals surface area contributed by atoms with Crippen molar-refractivity contribution in [3.05, 3.63) is 15.3 Å². The van der Waals surface area contributed by atoms with E-state index < -0.39 is 35.1 Å². The molecule has 0 radical (unpaired) electrons. The first-order chi connectivity index (χ1) is 11.8. The lowest BCUT2D eigenvalue weighted by Crippen LogP contribution is -2.44. The van der Waals surface area contributed by atoms with Crippen LogP contribution in [0.2, 0.25) is 0 Å². The molecule has 1 unspecified atom stereocenters. The van der Waals surface area contributed by atoms with E-state index in [1.54, 1.807) is 26.8 Å². The quantitative estimate of drug-likeness (QED) is 0.656. The summed E-state index contributed by atoms with van der Waals surface area (Å²) in [6.45, 7) is 4.56. The lowest BCUT2D eigenvalue weighted by atomic mass is 9.85. The number of likely N-dealkylation sites (tertiary alicyclic amines) is 1. The summed E-state index contributed by atoms with van der Waals surface area (Å²) >= 11 is 6.48. The van der Waals surface area contributed by atoms with E-state index in [2.05, 4.69) is 37.0 Å². The van der Waals surface area contributed by atoms with Gasteiger partial charge in [-0.15, -0.1) is 0 Å². The van der Waals surface area contributed by atoms with Crippen LogP contribution in [0.5, 0.6) is 0 Å². The first-order valence-corrected chi connectivity index (χ1v) is 9.28. The molecular weight excluding hydrogens is 478 g/mol. The Morgan fingerprint density at radius 3 is 2.38 bits per heavy atom. The molecule has 2 rings (SSSR count). The van der Waals surface area contributed by atoms with Crippen molar-refractivity contribution >= 4 is 49.9 Å². The third-order valence-electron chi connectivity index (χ3n) is 3.95. The highest BCUT2D eigenvalue weighted by Crippen LogP contribution is 2.39. The van der Waals surface area contributed by atoms with Crippen molar-refractivity contribution in [2.75, 3.05) is 6.54 Å². The van der Waals surface area contributed by atoms with Crippen LogP contribution >= 0.6 is 31.9 Å². The van der Waals surface area contributed by atoms with E-state index in [1.165, 1.54) is 4.68 Å². The molecule has 26 heavy (non-hydrogen) atoms. The Balaban J connectivity index is 2.36. The molecule has 1 aliphatic heterocycles. The number of aromatic nitrogens is 2. The van der Waals surface area contributed by atoms with E-state index in [0.717, 1.165) is 4.90 Å². The maximum absolute atomic E-state index is 12.4. The number of halogens is 2. The van der Waals surface area contributed by atoms with E-state index in [9.17, 15) is 24.6 Å². The average Bonchev–Trinajstić information content (AvgIpc) is 2.99. The van der Waals surface area contributed by atoms with Crippen molar-refractivity contribution < 1.29 is 29.3 Å². The smallest absolute Gasteiger partial charge is 0.411 e. The Bertz CT molecular complexity index is 744. The van der Waals surface area contributed by atoms with E-state index in [-0.39, 0.29) is 19.5 Å². The van der Waals surface area contributed by atoms with Gasteiger partial charge in [0.1, 0.15) is 26.3 Å². The predicted octanol–water partition coefficient (Wildman–Crippen LogP) is 2.57. The minimum atomic E-state index is -1.51. The Morgan fingerprint density at radius 1 is 1.35 bits per heavy atom. The Morgan fingerprint density at radius 2 is 1.96 bits per heavy atom. The third kappa shape index (κ3) is 4.37. The average molecular weight is 497 g/mol. The maximum Gasteiger partial charge on any atom is 0.411 e. The van der Waals surface area contributed by atoms with Crippen molar-refractivity contribution in [3.8, 4) is 0 Å². The van der Waals surface area contributed by atoms with Crippen molar-refractivity contribution in [3.63, 3.8) is 0 Å². The van der Waals surface area contributed by atoms with Gasteiger partial charge in [0.2, 0.25) is 0 Å². The molecule has 11 heteroatoms. The SMILES string of the molecule is CC(C)(C)OC(=O)N1CC(Cn2nc(Br)cc2Br)(C(=O)O)C[C@H]1C(=O)O. The van der Waals surface area contributed by atoms with Crippen LogP contribution in [0.25, 0.3) is 0 Å². The number of amides is 1. The number of ether oxygens (including phenoxy) is 1. The standard InChI is InChI=1S/C15H19Br2N3O6/c1-14(2,3)26-13(25)19-6-15(12(23)24,5-8(19)11(21)22)7-20-10(17)4-9(16)18-20/h4,8H,5-7H2,1-3H3,(H,21,22)(H,23,24)/t8-,15?/m0/s1. The third-order valence-corrected chi connectivity index (χ3v) is 4.98. The zero-order valence-electron chi connectivity index (χ0n) is 14.4. The summed E-state index contributed by atoms with van der Waals surface area (Å²) in [7, 11) is 0. The van der Waals surface area contributed by atoms with Gasteiger partial charge in [-0.2, -0.15) is 5.10 Å². The van der Waals surface area contributed by atoms with Gasteiger partial charge in [-0.05, 0) is 59.1 Å². The molecule has 0 aromatic carbocycles. The van der Waals surface area contributed by atoms with Gasteiger partial charge in [0.25, 0.3) is 0 Å². The van der Waals surface area contributed by atoms with Crippen LogP contribution in [0.3, 0.4) is 0 Å². The molecular formula is C15H19Br2N3O6. The molecule has 144 valence electrons. The van der Waals surface area contributed by atoms with Crippen molar-refractivity contribution in [2.24, 2.45) is 5.41 Å². The molecule has 1 aliphatic rings. The first-order valence-electron chi connectivity index (χ1n) is 7.69. The lowest BCUT2D eigenvalue weighted by Gasteiger charge is -2.28. The summed E-state index contributed by atoms with van der Waals surface area (Å²) < 4.78 is 7.69. The normalized spacial score (nSPS) is 23.1. The highest BCUT2D eigenvalue weighted by atomic mass is 79.9. The predicted molar refractivity (Wildman–Crippen MR) is 96.7 cm³/mol. The van der Waals surface area contributed by atoms with Gasteiger partial charge in [0.15, 0.2) is 0 Å². The summed E-state index contributed by atoms with van der Waals surface area (Å²) in [5.41, 5.74) is -2.33. The van der Waals surface area contributed by atoms with Crippen molar-refractivity contribution in [1.29, 1.82) is 0 Å². The van der Waals surface area contributed by atoms with Gasteiger partial charge in [0.05, 0.1) is 6.54 Å². The highest BCUT2D eigenvalue weighted by molar-refractivity contribution is 9.11. The van der Waals surface area contributed by atoms with E-state index in [1.807, 2.05) is 0 Å². The number of aliphatic carboxylic acids is 2. The van der Waals surface area contributed by atoms with Gasteiger partial charge < -0.3 is 14.9 Å². The van der Waals surface area contributed by atoms with E-state index in [4.69, 9.17) is 4.74 Å². The molecule has 1 amide bonds. The van der Waals surface area contributed by atoms with E-state index in [0.29, 0.717) is 9.21 Å². The number of carboxylic acids is 2. The summed E-state index contributed by atoms with van der Waals surface area (Å²) in [5.74, 6) is -2.48. The largest absolute Gasteiger partial charge is 0.481 e. The van der Waals surface area contributed by atoms with Crippen LogP contribution in [0.4, 0.5) is 4.79 Å². The molecule has 9 nitrogen and oxygen atoms in total. The molecule has 2 atom stereocenters. The van der Waals surface area contributed by atoms with Gasteiger partial charge in [0, 0.05) is 12.6 Å². The summed E-state index contributed by atoms with van der Waals surface area (Å²) in [5, 5.41) is 23.4. The number of carbonyl (C=O) groups is 3. The number of hydrogen-bond donors (Lipinski definition) is 2. The number of rotatable bonds is 4. The summed E-state index contributed by atoms with van der Waals surface area (Å²) in [6.07, 6.45) is -1.10. The van der Waals surface area contributed by atoms with Crippen LogP contribution in [0, 0.1) is 5.41 Å². The summed E-state index contributed by atoms with van der Waals surface area (Å²) in [6, 6.07) is 0.351. The minimum absolute atomic E-state index is 0.0996. The molecule has 1 saturated heterocycles. The summed E-state index contributed by atoms with van der Waals surface area (Å²) in [4.78, 5) is 37.0. The molecule has 1 aromatic heterocycles. The highest BCUT2D eigenvalue weighted by Gasteiger charge is 2.55. The first kappa shape index (κ1) is 20.7. The monoisotopic (exact) mass is 495 g/mol. The van der Waals surface area contributed by atoms with Crippen LogP contribution in [0.1, 0.15) is 27.2 Å². The fourth-order valence-electron chi connectivity index (χ4n) is 2.81. The zero-order chi connectivity index (χ0) is 19.9. The second-order valence-corrected chi connectivity index (χ2v) is 8.82. The molecule has 2 heterocycles. The van der Waals surface area contributed by atoms with E-state index >= 15 is 0 Å². The number of carboxylic acid groups (broad SMARTS) is 2. The molecule has 1 fully saturated rings. The van der Waals surface area contributed by atoms with Gasteiger partial charge >= 0.3 is 18.0 Å². The van der Waals surface area contributed by atoms with Gasteiger partial charge in [-0.3, -0.25) is 14.4 Å². The Labute approximate surface area is 166 Å². The van der Waals surface area contributed by atoms with Crippen LogP contribution in [-0.2, 0) is 20.9 Å². The zero-order valence-corrected chi connectivity index (χ0v) is 17.6. The van der Waals surface area contributed by atoms with Crippen molar-refractivity contribution in [2.45, 2.75) is 45.4 Å². The van der Waals surface area contributed by atoms with Gasteiger partial charge in [-0.25, -0.2) is 9.59 Å². The molecule has 0 saturated carbocycles. The van der Waals surface area contributed by atoms with Crippen molar-refractivity contribution in [1.82, 2.24) is 14.7 Å². The molecule has 1 aromatic rings. The fourth-order valence-corrected chi connectivity index (χ4v) is 3.95. The number of nitrogens with zero attached hydrogens (tertiary/aromatic N) is 3. The Kier molecular flexibility index (Phi) is 5.71. The molecule has 0 aliphatic carbocycles. The molecule has 0 spiro atoms. The van der Waals surface area contributed by atoms with Crippen LogP contribution < -0.4 is 0 Å². The number of hydrogen-bond acceptors (Lipinski definition) is 5. The number of carbonyl (C=O) groups excluding carboxylic acids is 1. The Hall–Kier alpha value is -1.62. The maximum atomic E-state index is 12.4. The fraction of sp³-hybridized carbons (Fsp3) is 0.600. The van der Waals surface area contributed by atoms with Gasteiger partial charge in [-0.1, -0.05) is 0 Å². The van der Waals surface area contributed by atoms with Crippen LogP contribution in [0.15, 0.2) is 15.3 Å². The minimum Gasteiger partial charge on any atom is -0.481 e. The topological polar surface area (TPSA) is 122 Å². The molecule has 0 bridgehead atoms.